The number of likely N-dealkylation sites (N-methyl/N-ethyl adjacent to an activating group) is 1. The molecule has 1 saturated heterocycles. The molecule has 0 radical (unpaired) electrons. The van der Waals surface area contributed by atoms with Crippen molar-refractivity contribution in [2.45, 2.75) is 50.5 Å². The van der Waals surface area contributed by atoms with Crippen molar-refractivity contribution in [2.75, 3.05) is 18.6 Å². The first-order valence-electron chi connectivity index (χ1n) is 11.3. The van der Waals surface area contributed by atoms with Crippen LogP contribution >= 0.6 is 0 Å². The second kappa shape index (κ2) is 7.63. The van der Waals surface area contributed by atoms with E-state index in [2.05, 4.69) is 29.6 Å². The summed E-state index contributed by atoms with van der Waals surface area (Å²) < 4.78 is 41.1. The maximum absolute atomic E-state index is 13.7. The summed E-state index contributed by atoms with van der Waals surface area (Å²) in [6, 6.07) is 9.65. The van der Waals surface area contributed by atoms with E-state index >= 15 is 0 Å². The van der Waals surface area contributed by atoms with Crippen LogP contribution in [0.3, 0.4) is 0 Å². The van der Waals surface area contributed by atoms with Crippen molar-refractivity contribution in [3.8, 4) is 0 Å². The summed E-state index contributed by atoms with van der Waals surface area (Å²) in [5.74, 6) is 0.00595. The van der Waals surface area contributed by atoms with Gasteiger partial charge in [0.25, 0.3) is 5.91 Å². The SMILES string of the molecule is CC1CC(c2cccc(N3Cc4c(cc(C=O)cc4C(F)(F)F)C3=O)c2)(C2(C)NNCN2C)C1. The molecule has 9 heteroatoms. The zero-order chi connectivity index (χ0) is 24.5. The van der Waals surface area contributed by atoms with Gasteiger partial charge >= 0.3 is 6.18 Å². The number of rotatable bonds is 4. The number of amides is 1. The van der Waals surface area contributed by atoms with Crippen molar-refractivity contribution >= 4 is 17.9 Å². The van der Waals surface area contributed by atoms with E-state index in [4.69, 9.17) is 0 Å². The fourth-order valence-electron chi connectivity index (χ4n) is 6.04. The van der Waals surface area contributed by atoms with Crippen molar-refractivity contribution in [3.05, 3.63) is 64.2 Å². The summed E-state index contributed by atoms with van der Waals surface area (Å²) >= 11 is 0. The smallest absolute Gasteiger partial charge is 0.304 e. The number of carbonyl (C=O) groups excluding carboxylic acids is 2. The first-order chi connectivity index (χ1) is 16.0. The normalized spacial score (nSPS) is 29.3. The highest BCUT2D eigenvalue weighted by molar-refractivity contribution is 6.11. The van der Waals surface area contributed by atoms with Gasteiger partial charge in [-0.2, -0.15) is 13.2 Å². The van der Waals surface area contributed by atoms with E-state index in [1.54, 1.807) is 6.07 Å². The highest BCUT2D eigenvalue weighted by atomic mass is 19.4. The summed E-state index contributed by atoms with van der Waals surface area (Å²) in [5.41, 5.74) is 6.41. The van der Waals surface area contributed by atoms with Crippen molar-refractivity contribution < 1.29 is 22.8 Å². The zero-order valence-electron chi connectivity index (χ0n) is 19.3. The van der Waals surface area contributed by atoms with Gasteiger partial charge in [-0.15, -0.1) is 0 Å². The lowest BCUT2D eigenvalue weighted by Gasteiger charge is -2.58. The van der Waals surface area contributed by atoms with Crippen LogP contribution in [0.2, 0.25) is 0 Å². The van der Waals surface area contributed by atoms with Crippen LogP contribution in [-0.4, -0.2) is 36.5 Å². The molecule has 2 N–H and O–H groups in total. The van der Waals surface area contributed by atoms with Crippen LogP contribution in [0.1, 0.15) is 64.1 Å². The van der Waals surface area contributed by atoms with E-state index in [0.29, 0.717) is 24.6 Å². The molecule has 1 saturated carbocycles. The van der Waals surface area contributed by atoms with E-state index in [1.165, 1.54) is 11.0 Å². The molecule has 6 nitrogen and oxygen atoms in total. The van der Waals surface area contributed by atoms with Crippen LogP contribution < -0.4 is 15.8 Å². The maximum atomic E-state index is 13.7. The molecule has 2 aromatic rings. The largest absolute Gasteiger partial charge is 0.416 e. The number of hydrazine groups is 1. The Morgan fingerprint density at radius 2 is 1.91 bits per heavy atom. The Hall–Kier alpha value is -2.75. The van der Waals surface area contributed by atoms with Crippen LogP contribution in [-0.2, 0) is 18.1 Å². The number of nitrogens with zero attached hydrogens (tertiary/aromatic N) is 2. The highest BCUT2D eigenvalue weighted by Crippen LogP contribution is 2.56. The third-order valence-electron chi connectivity index (χ3n) is 7.95. The summed E-state index contributed by atoms with van der Waals surface area (Å²) in [5, 5.41) is 0. The van der Waals surface area contributed by atoms with Gasteiger partial charge in [-0.3, -0.25) is 14.5 Å². The molecule has 34 heavy (non-hydrogen) atoms. The Bertz CT molecular complexity index is 1180. The lowest BCUT2D eigenvalue weighted by molar-refractivity contribution is -0.138. The second-order valence-electron chi connectivity index (χ2n) is 9.98. The molecule has 0 bridgehead atoms. The molecule has 180 valence electrons. The van der Waals surface area contributed by atoms with Crippen LogP contribution in [0.4, 0.5) is 18.9 Å². The lowest BCUT2D eigenvalue weighted by Crippen LogP contribution is -2.67. The van der Waals surface area contributed by atoms with Crippen LogP contribution in [0.15, 0.2) is 36.4 Å². The Kier molecular flexibility index (Phi) is 5.16. The van der Waals surface area contributed by atoms with E-state index in [0.717, 1.165) is 24.5 Å². The summed E-state index contributed by atoms with van der Waals surface area (Å²) in [6.45, 7) is 4.86. The van der Waals surface area contributed by atoms with Gasteiger partial charge < -0.3 is 4.90 Å². The van der Waals surface area contributed by atoms with Crippen LogP contribution in [0, 0.1) is 5.92 Å². The molecule has 1 amide bonds. The second-order valence-corrected chi connectivity index (χ2v) is 9.98. The van der Waals surface area contributed by atoms with Gasteiger partial charge in [0.1, 0.15) is 6.29 Å². The Morgan fingerprint density at radius 3 is 2.50 bits per heavy atom. The monoisotopic (exact) mass is 472 g/mol. The number of fused-ring (bicyclic) bond motifs is 1. The Balaban J connectivity index is 1.55. The van der Waals surface area contributed by atoms with Gasteiger partial charge in [0.15, 0.2) is 0 Å². The third-order valence-corrected chi connectivity index (χ3v) is 7.95. The molecule has 0 aromatic heterocycles. The van der Waals surface area contributed by atoms with Crippen LogP contribution in [0.5, 0.6) is 0 Å². The number of hydrogen-bond donors (Lipinski definition) is 2. The molecule has 5 rings (SSSR count). The molecule has 2 heterocycles. The summed E-state index contributed by atoms with van der Waals surface area (Å²) in [4.78, 5) is 28.1. The predicted octanol–water partition coefficient (Wildman–Crippen LogP) is 4.06. The molecule has 3 aliphatic rings. The Morgan fingerprint density at radius 1 is 1.18 bits per heavy atom. The third kappa shape index (κ3) is 3.21. The minimum absolute atomic E-state index is 0.0670. The van der Waals surface area contributed by atoms with Gasteiger partial charge in [-0.25, -0.2) is 10.9 Å². The van der Waals surface area contributed by atoms with Gasteiger partial charge in [-0.05, 0) is 68.1 Å². The van der Waals surface area contributed by atoms with Gasteiger partial charge in [0.2, 0.25) is 0 Å². The fraction of sp³-hybridized carbons (Fsp3) is 0.440. The lowest BCUT2D eigenvalue weighted by atomic mass is 9.53. The van der Waals surface area contributed by atoms with Gasteiger partial charge in [0, 0.05) is 22.2 Å². The summed E-state index contributed by atoms with van der Waals surface area (Å²) in [6.07, 6.45) is -2.43. The van der Waals surface area contributed by atoms with Gasteiger partial charge in [0.05, 0.1) is 24.4 Å². The molecule has 1 unspecified atom stereocenters. The van der Waals surface area contributed by atoms with Crippen molar-refractivity contribution in [1.82, 2.24) is 15.8 Å². The number of carbonyl (C=O) groups is 2. The Labute approximate surface area is 196 Å². The average molecular weight is 473 g/mol. The number of benzene rings is 2. The first kappa shape index (κ1) is 23.0. The molecular weight excluding hydrogens is 445 g/mol. The minimum Gasteiger partial charge on any atom is -0.304 e. The number of halogens is 3. The number of anilines is 1. The number of hydrogen-bond acceptors (Lipinski definition) is 5. The highest BCUT2D eigenvalue weighted by Gasteiger charge is 2.59. The molecule has 2 fully saturated rings. The summed E-state index contributed by atoms with van der Waals surface area (Å²) in [7, 11) is 2.05. The average Bonchev–Trinajstić information content (AvgIpc) is 3.29. The van der Waals surface area contributed by atoms with Crippen molar-refractivity contribution in [3.63, 3.8) is 0 Å². The molecular formula is C25H27F3N4O2. The van der Waals surface area contributed by atoms with E-state index < -0.39 is 17.6 Å². The van der Waals surface area contributed by atoms with E-state index in [9.17, 15) is 22.8 Å². The molecule has 1 aliphatic carbocycles. The topological polar surface area (TPSA) is 64.7 Å². The van der Waals surface area contributed by atoms with Crippen molar-refractivity contribution in [1.29, 1.82) is 0 Å². The number of aldehydes is 1. The van der Waals surface area contributed by atoms with Crippen LogP contribution in [0.25, 0.3) is 0 Å². The maximum Gasteiger partial charge on any atom is 0.416 e. The standard InChI is InChI=1S/C25H27F3N4O2/c1-15-10-24(11-15,23(2)30-29-14-31(23)3)17-5-4-6-18(9-17)32-12-20-19(22(32)34)7-16(13-33)8-21(20)25(26,27)28/h4-9,13,15,29-30H,10-12,14H2,1-3H3. The first-order valence-corrected chi connectivity index (χ1v) is 11.3. The number of alkyl halides is 3. The van der Waals surface area contributed by atoms with Crippen molar-refractivity contribution in [2.24, 2.45) is 5.92 Å². The molecule has 2 aliphatic heterocycles. The zero-order valence-corrected chi connectivity index (χ0v) is 19.3. The molecule has 0 spiro atoms. The quantitative estimate of drug-likeness (QED) is 0.658. The van der Waals surface area contributed by atoms with Gasteiger partial charge in [-0.1, -0.05) is 19.1 Å². The fourth-order valence-corrected chi connectivity index (χ4v) is 6.04. The number of nitrogens with one attached hydrogen (secondary N) is 2. The minimum atomic E-state index is -4.66. The molecule has 2 aromatic carbocycles. The van der Waals surface area contributed by atoms with E-state index in [1.807, 2.05) is 25.2 Å². The molecule has 1 atom stereocenters. The van der Waals surface area contributed by atoms with E-state index in [-0.39, 0.29) is 34.3 Å². The predicted molar refractivity (Wildman–Crippen MR) is 121 cm³/mol.